The Balaban J connectivity index is 1.27. The SMILES string of the molecule is O=C(/C=C/c1ccc(N2CCCC2=O)cc1)NCCc1nc2ccccc2s1. The molecular formula is C22H21N3O2S. The quantitative estimate of drug-likeness (QED) is 0.650. The van der Waals surface area contributed by atoms with Gasteiger partial charge in [0.15, 0.2) is 0 Å². The lowest BCUT2D eigenvalue weighted by Crippen LogP contribution is -2.23. The Morgan fingerprint density at radius 1 is 1.18 bits per heavy atom. The molecule has 0 unspecified atom stereocenters. The summed E-state index contributed by atoms with van der Waals surface area (Å²) in [7, 11) is 0. The Morgan fingerprint density at radius 2 is 2.00 bits per heavy atom. The average molecular weight is 391 g/mol. The summed E-state index contributed by atoms with van der Waals surface area (Å²) < 4.78 is 1.17. The van der Waals surface area contributed by atoms with Gasteiger partial charge in [-0.1, -0.05) is 24.3 Å². The van der Waals surface area contributed by atoms with Gasteiger partial charge in [0, 0.05) is 37.7 Å². The number of hydrogen-bond acceptors (Lipinski definition) is 4. The Bertz CT molecular complexity index is 991. The molecule has 2 aromatic carbocycles. The van der Waals surface area contributed by atoms with Gasteiger partial charge in [-0.2, -0.15) is 0 Å². The number of nitrogens with zero attached hydrogens (tertiary/aromatic N) is 2. The third kappa shape index (κ3) is 4.28. The fourth-order valence-corrected chi connectivity index (χ4v) is 4.20. The van der Waals surface area contributed by atoms with Crippen molar-refractivity contribution in [3.63, 3.8) is 0 Å². The maximum atomic E-state index is 12.0. The zero-order valence-electron chi connectivity index (χ0n) is 15.4. The molecule has 2 heterocycles. The Morgan fingerprint density at radius 3 is 2.75 bits per heavy atom. The minimum absolute atomic E-state index is 0.125. The summed E-state index contributed by atoms with van der Waals surface area (Å²) in [5.74, 6) is 0.0516. The van der Waals surface area contributed by atoms with E-state index in [1.807, 2.05) is 47.4 Å². The number of aromatic nitrogens is 1. The highest BCUT2D eigenvalue weighted by Crippen LogP contribution is 2.22. The molecule has 0 aliphatic carbocycles. The van der Waals surface area contributed by atoms with Crippen molar-refractivity contribution in [1.82, 2.24) is 10.3 Å². The lowest BCUT2D eigenvalue weighted by molar-refractivity contribution is -0.117. The van der Waals surface area contributed by atoms with Gasteiger partial charge in [0.1, 0.15) is 0 Å². The molecule has 2 amide bonds. The van der Waals surface area contributed by atoms with E-state index in [1.165, 1.54) is 10.8 Å². The molecule has 1 aliphatic rings. The Kier molecular flexibility index (Phi) is 5.48. The number of nitrogens with one attached hydrogen (secondary N) is 1. The van der Waals surface area contributed by atoms with Crippen LogP contribution in [-0.4, -0.2) is 29.9 Å². The van der Waals surface area contributed by atoms with Crippen LogP contribution >= 0.6 is 11.3 Å². The molecule has 0 bridgehead atoms. The van der Waals surface area contributed by atoms with Gasteiger partial charge in [-0.15, -0.1) is 11.3 Å². The molecule has 1 aromatic heterocycles. The minimum Gasteiger partial charge on any atom is -0.352 e. The first-order valence-electron chi connectivity index (χ1n) is 9.40. The van der Waals surface area contributed by atoms with E-state index in [0.717, 1.165) is 41.2 Å². The van der Waals surface area contributed by atoms with E-state index in [4.69, 9.17) is 0 Å². The lowest BCUT2D eigenvalue weighted by atomic mass is 10.2. The molecule has 6 heteroatoms. The van der Waals surface area contributed by atoms with Crippen molar-refractivity contribution in [2.45, 2.75) is 19.3 Å². The summed E-state index contributed by atoms with van der Waals surface area (Å²) in [6, 6.07) is 15.7. The number of hydrogen-bond donors (Lipinski definition) is 1. The molecule has 4 rings (SSSR count). The van der Waals surface area contributed by atoms with Crippen molar-refractivity contribution >= 4 is 45.1 Å². The normalized spacial score (nSPS) is 14.3. The van der Waals surface area contributed by atoms with E-state index >= 15 is 0 Å². The van der Waals surface area contributed by atoms with Gasteiger partial charge >= 0.3 is 0 Å². The summed E-state index contributed by atoms with van der Waals surface area (Å²) in [6.45, 7) is 1.34. The van der Waals surface area contributed by atoms with E-state index in [2.05, 4.69) is 16.4 Å². The molecule has 1 fully saturated rings. The first kappa shape index (κ1) is 18.4. The summed E-state index contributed by atoms with van der Waals surface area (Å²) >= 11 is 1.66. The first-order chi connectivity index (χ1) is 13.7. The Hall–Kier alpha value is -2.99. The first-order valence-corrected chi connectivity index (χ1v) is 10.2. The highest BCUT2D eigenvalue weighted by atomic mass is 32.1. The number of rotatable bonds is 6. The van der Waals surface area contributed by atoms with E-state index in [0.29, 0.717) is 13.0 Å². The predicted molar refractivity (Wildman–Crippen MR) is 113 cm³/mol. The van der Waals surface area contributed by atoms with Gasteiger partial charge in [0.05, 0.1) is 15.2 Å². The van der Waals surface area contributed by atoms with Gasteiger partial charge < -0.3 is 10.2 Å². The van der Waals surface area contributed by atoms with Crippen molar-refractivity contribution in [3.05, 3.63) is 65.2 Å². The largest absolute Gasteiger partial charge is 0.352 e. The molecule has 0 spiro atoms. The van der Waals surface area contributed by atoms with Crippen LogP contribution < -0.4 is 10.2 Å². The summed E-state index contributed by atoms with van der Waals surface area (Å²) in [4.78, 5) is 30.2. The molecule has 0 radical (unpaired) electrons. The molecule has 5 nitrogen and oxygen atoms in total. The van der Waals surface area contributed by atoms with E-state index < -0.39 is 0 Å². The van der Waals surface area contributed by atoms with Gasteiger partial charge in [-0.25, -0.2) is 4.98 Å². The third-order valence-electron chi connectivity index (χ3n) is 4.68. The maximum absolute atomic E-state index is 12.0. The standard InChI is InChI=1S/C22H21N3O2S/c26-20(23-14-13-21-24-18-4-1-2-5-19(18)28-21)12-9-16-7-10-17(11-8-16)25-15-3-6-22(25)27/h1-2,4-5,7-12H,3,6,13-15H2,(H,23,26)/b12-9+. The smallest absolute Gasteiger partial charge is 0.244 e. The van der Waals surface area contributed by atoms with Gasteiger partial charge in [0.25, 0.3) is 0 Å². The number of amides is 2. The number of benzene rings is 2. The van der Waals surface area contributed by atoms with Crippen molar-refractivity contribution in [1.29, 1.82) is 0 Å². The number of carbonyl (C=O) groups is 2. The summed E-state index contributed by atoms with van der Waals surface area (Å²) in [6.07, 6.45) is 5.57. The van der Waals surface area contributed by atoms with Crippen LogP contribution in [0.1, 0.15) is 23.4 Å². The molecule has 3 aromatic rings. The van der Waals surface area contributed by atoms with Crippen LogP contribution in [-0.2, 0) is 16.0 Å². The third-order valence-corrected chi connectivity index (χ3v) is 5.78. The van der Waals surface area contributed by atoms with Crippen molar-refractivity contribution in [2.24, 2.45) is 0 Å². The minimum atomic E-state index is -0.125. The van der Waals surface area contributed by atoms with Crippen LogP contribution in [0.25, 0.3) is 16.3 Å². The highest BCUT2D eigenvalue weighted by molar-refractivity contribution is 7.18. The second-order valence-corrected chi connectivity index (χ2v) is 7.81. The summed E-state index contributed by atoms with van der Waals surface area (Å²) in [5.41, 5.74) is 2.85. The van der Waals surface area contributed by atoms with E-state index in [9.17, 15) is 9.59 Å². The van der Waals surface area contributed by atoms with Crippen LogP contribution in [0.5, 0.6) is 0 Å². The molecule has 1 aliphatic heterocycles. The fourth-order valence-electron chi connectivity index (χ4n) is 3.24. The molecule has 1 saturated heterocycles. The number of carbonyl (C=O) groups excluding carboxylic acids is 2. The van der Waals surface area contributed by atoms with Gasteiger partial charge in [-0.3, -0.25) is 9.59 Å². The monoisotopic (exact) mass is 391 g/mol. The van der Waals surface area contributed by atoms with Crippen molar-refractivity contribution < 1.29 is 9.59 Å². The number of thiazole rings is 1. The fraction of sp³-hybridized carbons (Fsp3) is 0.227. The Labute approximate surface area is 167 Å². The van der Waals surface area contributed by atoms with Crippen molar-refractivity contribution in [3.8, 4) is 0 Å². The van der Waals surface area contributed by atoms with Crippen LogP contribution in [0.3, 0.4) is 0 Å². The van der Waals surface area contributed by atoms with Crippen LogP contribution in [0.15, 0.2) is 54.6 Å². The highest BCUT2D eigenvalue weighted by Gasteiger charge is 2.21. The van der Waals surface area contributed by atoms with E-state index in [1.54, 1.807) is 17.4 Å². The van der Waals surface area contributed by atoms with E-state index in [-0.39, 0.29) is 11.8 Å². The second kappa shape index (κ2) is 8.35. The van der Waals surface area contributed by atoms with Gasteiger partial charge in [-0.05, 0) is 42.3 Å². The maximum Gasteiger partial charge on any atom is 0.244 e. The number of para-hydroxylation sites is 1. The zero-order valence-corrected chi connectivity index (χ0v) is 16.2. The molecule has 0 saturated carbocycles. The number of fused-ring (bicyclic) bond motifs is 1. The van der Waals surface area contributed by atoms with Crippen LogP contribution in [0, 0.1) is 0 Å². The zero-order chi connectivity index (χ0) is 19.3. The van der Waals surface area contributed by atoms with Gasteiger partial charge in [0.2, 0.25) is 11.8 Å². The molecule has 0 atom stereocenters. The predicted octanol–water partition coefficient (Wildman–Crippen LogP) is 3.80. The molecule has 1 N–H and O–H groups in total. The van der Waals surface area contributed by atoms with Crippen molar-refractivity contribution in [2.75, 3.05) is 18.0 Å². The number of anilines is 1. The molecule has 142 valence electrons. The van der Waals surface area contributed by atoms with Crippen LogP contribution in [0.2, 0.25) is 0 Å². The molecular weight excluding hydrogens is 370 g/mol. The topological polar surface area (TPSA) is 62.3 Å². The second-order valence-electron chi connectivity index (χ2n) is 6.69. The molecule has 28 heavy (non-hydrogen) atoms. The average Bonchev–Trinajstić information content (AvgIpc) is 3.32. The summed E-state index contributed by atoms with van der Waals surface area (Å²) in [5, 5.41) is 3.92. The lowest BCUT2D eigenvalue weighted by Gasteiger charge is -2.15. The van der Waals surface area contributed by atoms with Crippen LogP contribution in [0.4, 0.5) is 5.69 Å².